The molecule has 0 fully saturated rings. The lowest BCUT2D eigenvalue weighted by molar-refractivity contribution is 0.103. The van der Waals surface area contributed by atoms with Crippen molar-refractivity contribution in [2.75, 3.05) is 0 Å². The molecule has 1 aliphatic heterocycles. The fourth-order valence-electron chi connectivity index (χ4n) is 4.94. The number of fused-ring (bicyclic) bond motifs is 5. The Bertz CT molecular complexity index is 1960. The number of aromatic nitrogens is 1. The molecular formula is C30H22N2O6S. The third kappa shape index (κ3) is 3.98. The number of hydrogen-bond acceptors (Lipinski definition) is 7. The van der Waals surface area contributed by atoms with Gasteiger partial charge in [0.2, 0.25) is 0 Å². The summed E-state index contributed by atoms with van der Waals surface area (Å²) in [4.78, 5) is 26.4. The molecule has 8 nitrogen and oxygen atoms in total. The second kappa shape index (κ2) is 9.21. The second-order valence-corrected chi connectivity index (χ2v) is 10.7. The first kappa shape index (κ1) is 24.6. The predicted molar refractivity (Wildman–Crippen MR) is 147 cm³/mol. The van der Waals surface area contributed by atoms with E-state index in [9.17, 15) is 18.0 Å². The van der Waals surface area contributed by atoms with Crippen molar-refractivity contribution >= 4 is 49.4 Å². The summed E-state index contributed by atoms with van der Waals surface area (Å²) in [7, 11) is -4.24. The molecule has 0 bridgehead atoms. The van der Waals surface area contributed by atoms with Gasteiger partial charge >= 0.3 is 16.0 Å². The average molecular weight is 539 g/mol. The van der Waals surface area contributed by atoms with Crippen molar-refractivity contribution in [2.24, 2.45) is 5.16 Å². The highest BCUT2D eigenvalue weighted by atomic mass is 32.2. The van der Waals surface area contributed by atoms with Crippen LogP contribution in [0.1, 0.15) is 38.8 Å². The molecule has 1 aliphatic rings. The average Bonchev–Trinajstić information content (AvgIpc) is 3.45. The minimum atomic E-state index is -4.24. The topological polar surface area (TPSA) is 104 Å². The van der Waals surface area contributed by atoms with E-state index >= 15 is 0 Å². The Morgan fingerprint density at radius 1 is 0.949 bits per heavy atom. The van der Waals surface area contributed by atoms with E-state index in [2.05, 4.69) is 9.72 Å². The number of nitrogens with zero attached hydrogens (tertiary/aromatic N) is 2. The number of benzene rings is 4. The maximum absolute atomic E-state index is 13.4. The van der Waals surface area contributed by atoms with E-state index in [1.165, 1.54) is 12.1 Å². The van der Waals surface area contributed by atoms with Gasteiger partial charge in [-0.15, -0.1) is 0 Å². The number of ether oxygens (including phenoxy) is 1. The van der Waals surface area contributed by atoms with Crippen LogP contribution in [0, 0.1) is 6.92 Å². The molecule has 1 aromatic heterocycles. The Hall–Kier alpha value is -4.76. The lowest BCUT2D eigenvalue weighted by atomic mass is 9.97. The Kier molecular flexibility index (Phi) is 5.80. The molecule has 0 unspecified atom stereocenters. The number of hydrogen-bond donors (Lipinski definition) is 0. The van der Waals surface area contributed by atoms with Gasteiger partial charge in [-0.1, -0.05) is 42.5 Å². The van der Waals surface area contributed by atoms with Crippen molar-refractivity contribution in [2.45, 2.75) is 25.3 Å². The van der Waals surface area contributed by atoms with Crippen molar-refractivity contribution < 1.29 is 27.0 Å². The molecule has 5 aromatic rings. The SMILES string of the molecule is CCn1c2ccc(C(=O)c3ccccc3C)cc2c2c3c(ccc21)C(=O)/C(=N/OS(=O)(=O)c1ccccc1)O3. The molecule has 0 N–H and O–H groups in total. The molecule has 9 heteroatoms. The zero-order chi connectivity index (χ0) is 27.3. The second-order valence-electron chi connectivity index (χ2n) is 9.13. The fraction of sp³-hybridized carbons (Fsp3) is 0.100. The van der Waals surface area contributed by atoms with Crippen molar-refractivity contribution in [3.05, 3.63) is 107 Å². The lowest BCUT2D eigenvalue weighted by Crippen LogP contribution is -2.14. The van der Waals surface area contributed by atoms with Gasteiger partial charge in [0.1, 0.15) is 4.90 Å². The van der Waals surface area contributed by atoms with E-state index in [-0.39, 0.29) is 22.0 Å². The van der Waals surface area contributed by atoms with Crippen LogP contribution in [0.25, 0.3) is 21.8 Å². The summed E-state index contributed by atoms with van der Waals surface area (Å²) in [6.07, 6.45) is 0. The monoisotopic (exact) mass is 538 g/mol. The predicted octanol–water partition coefficient (Wildman–Crippen LogP) is 5.65. The van der Waals surface area contributed by atoms with Gasteiger partial charge in [-0.05, 0) is 67.0 Å². The van der Waals surface area contributed by atoms with Crippen LogP contribution in [0.15, 0.2) is 95.0 Å². The van der Waals surface area contributed by atoms with Crippen molar-refractivity contribution in [3.63, 3.8) is 0 Å². The fourth-order valence-corrected chi connectivity index (χ4v) is 5.68. The number of carbonyl (C=O) groups is 2. The van der Waals surface area contributed by atoms with Crippen LogP contribution in [0.4, 0.5) is 0 Å². The third-order valence-electron chi connectivity index (χ3n) is 6.84. The van der Waals surface area contributed by atoms with Gasteiger partial charge in [-0.3, -0.25) is 13.9 Å². The summed E-state index contributed by atoms with van der Waals surface area (Å²) in [5.74, 6) is -0.949. The third-order valence-corrected chi connectivity index (χ3v) is 7.96. The van der Waals surface area contributed by atoms with E-state index in [0.717, 1.165) is 22.0 Å². The number of carbonyl (C=O) groups excluding carboxylic acids is 2. The standard InChI is InChI=1S/C30H22N2O6S/c1-3-32-24-15-13-19(27(33)21-12-8-7-9-18(21)2)17-23(24)26-25(32)16-14-22-28(34)30(37-29(22)26)31-38-39(35,36)20-10-5-4-6-11-20/h4-17H,3H2,1-2H3/b31-30-. The number of aryl methyl sites for hydroxylation is 2. The first-order valence-electron chi connectivity index (χ1n) is 12.3. The molecule has 0 saturated heterocycles. The summed E-state index contributed by atoms with van der Waals surface area (Å²) in [6.45, 7) is 4.53. The minimum absolute atomic E-state index is 0.100. The Labute approximate surface area is 224 Å². The normalized spacial score (nSPS) is 14.1. The van der Waals surface area contributed by atoms with Crippen LogP contribution < -0.4 is 4.74 Å². The molecule has 0 atom stereocenters. The van der Waals surface area contributed by atoms with Crippen LogP contribution in [0.3, 0.4) is 0 Å². The quantitative estimate of drug-likeness (QED) is 0.204. The highest BCUT2D eigenvalue weighted by Crippen LogP contribution is 2.41. The lowest BCUT2D eigenvalue weighted by Gasteiger charge is -2.06. The molecule has 0 amide bonds. The van der Waals surface area contributed by atoms with Crippen LogP contribution in [0.5, 0.6) is 5.75 Å². The zero-order valence-corrected chi connectivity index (χ0v) is 21.9. The van der Waals surface area contributed by atoms with Crippen molar-refractivity contribution in [3.8, 4) is 5.75 Å². The van der Waals surface area contributed by atoms with E-state index in [0.29, 0.717) is 23.1 Å². The van der Waals surface area contributed by atoms with Gasteiger partial charge in [0.25, 0.3) is 5.78 Å². The molecule has 0 radical (unpaired) electrons. The highest BCUT2D eigenvalue weighted by molar-refractivity contribution is 7.86. The van der Waals surface area contributed by atoms with Crippen molar-refractivity contribution in [1.82, 2.24) is 4.57 Å². The van der Waals surface area contributed by atoms with Crippen molar-refractivity contribution in [1.29, 1.82) is 0 Å². The largest absolute Gasteiger partial charge is 0.432 e. The van der Waals surface area contributed by atoms with Crippen LogP contribution in [-0.4, -0.2) is 30.4 Å². The summed E-state index contributed by atoms with van der Waals surface area (Å²) < 4.78 is 37.7. The number of ketones is 2. The van der Waals surface area contributed by atoms with E-state index in [1.807, 2.05) is 44.2 Å². The summed E-state index contributed by atoms with van der Waals surface area (Å²) in [5.41, 5.74) is 3.89. The minimum Gasteiger partial charge on any atom is -0.432 e. The van der Waals surface area contributed by atoms with Gasteiger partial charge in [0, 0.05) is 28.6 Å². The number of rotatable bonds is 6. The van der Waals surface area contributed by atoms with Gasteiger partial charge in [0.05, 0.1) is 16.5 Å². The molecule has 2 heterocycles. The molecule has 4 aromatic carbocycles. The smallest absolute Gasteiger partial charge is 0.358 e. The molecule has 39 heavy (non-hydrogen) atoms. The Morgan fingerprint density at radius 2 is 1.67 bits per heavy atom. The van der Waals surface area contributed by atoms with E-state index < -0.39 is 21.8 Å². The number of oxime groups is 1. The summed E-state index contributed by atoms with van der Waals surface area (Å²) in [5, 5.41) is 4.94. The molecule has 6 rings (SSSR count). The molecule has 0 aliphatic carbocycles. The maximum Gasteiger partial charge on any atom is 0.358 e. The summed E-state index contributed by atoms with van der Waals surface area (Å²) >= 11 is 0. The molecule has 0 saturated carbocycles. The Balaban J connectivity index is 1.46. The number of Topliss-reactive ketones (excluding diaryl/α,β-unsaturated/α-hetero) is 1. The zero-order valence-electron chi connectivity index (χ0n) is 21.0. The maximum atomic E-state index is 13.4. The van der Waals surface area contributed by atoms with Gasteiger partial charge in [-0.25, -0.2) is 0 Å². The highest BCUT2D eigenvalue weighted by Gasteiger charge is 2.34. The Morgan fingerprint density at radius 3 is 2.41 bits per heavy atom. The van der Waals surface area contributed by atoms with Gasteiger partial charge in [-0.2, -0.15) is 8.42 Å². The van der Waals surface area contributed by atoms with E-state index in [4.69, 9.17) is 9.02 Å². The van der Waals surface area contributed by atoms with Crippen LogP contribution in [0.2, 0.25) is 0 Å². The molecular weight excluding hydrogens is 516 g/mol. The van der Waals surface area contributed by atoms with E-state index in [1.54, 1.807) is 42.5 Å². The van der Waals surface area contributed by atoms with Crippen LogP contribution in [-0.2, 0) is 20.9 Å². The van der Waals surface area contributed by atoms with Gasteiger partial charge in [0.15, 0.2) is 11.5 Å². The molecule has 194 valence electrons. The molecule has 0 spiro atoms. The first-order valence-corrected chi connectivity index (χ1v) is 13.7. The first-order chi connectivity index (χ1) is 18.8. The van der Waals surface area contributed by atoms with Crippen LogP contribution >= 0.6 is 0 Å². The van der Waals surface area contributed by atoms with Gasteiger partial charge < -0.3 is 9.30 Å². The summed E-state index contributed by atoms with van der Waals surface area (Å²) in [6, 6.07) is 23.8.